The van der Waals surface area contributed by atoms with Crippen molar-refractivity contribution in [2.24, 2.45) is 5.41 Å². The first kappa shape index (κ1) is 17.1. The first-order chi connectivity index (χ1) is 9.06. The second kappa shape index (κ2) is 5.79. The Morgan fingerprint density at radius 3 is 2.40 bits per heavy atom. The van der Waals surface area contributed by atoms with Gasteiger partial charge in [0.05, 0.1) is 5.02 Å². The number of Topliss-reactive ketones (excluding diaryl/α,β-unsaturated/α-hetero) is 1. The molecule has 0 aliphatic carbocycles. The molecule has 4 nitrogen and oxygen atoms in total. The van der Waals surface area contributed by atoms with Gasteiger partial charge in [0.25, 0.3) is 0 Å². The van der Waals surface area contributed by atoms with Crippen LogP contribution in [0.4, 0.5) is 4.39 Å². The maximum absolute atomic E-state index is 13.7. The lowest BCUT2D eigenvalue weighted by Gasteiger charge is -2.22. The van der Waals surface area contributed by atoms with Gasteiger partial charge in [-0.2, -0.15) is 0 Å². The van der Waals surface area contributed by atoms with Gasteiger partial charge < -0.3 is 0 Å². The summed E-state index contributed by atoms with van der Waals surface area (Å²) in [6.07, 6.45) is 0.549. The quantitative estimate of drug-likeness (QED) is 0.848. The average Bonchev–Trinajstić information content (AvgIpc) is 2.37. The van der Waals surface area contributed by atoms with Gasteiger partial charge in [0.1, 0.15) is 10.7 Å². The van der Waals surface area contributed by atoms with Crippen LogP contribution in [0.5, 0.6) is 0 Å². The van der Waals surface area contributed by atoms with Gasteiger partial charge in [0, 0.05) is 11.0 Å². The monoisotopic (exact) mass is 321 g/mol. The normalized spacial score (nSPS) is 12.5. The molecule has 0 saturated carbocycles. The van der Waals surface area contributed by atoms with E-state index in [2.05, 4.69) is 0 Å². The van der Waals surface area contributed by atoms with Crippen LogP contribution >= 0.6 is 11.6 Å². The molecule has 0 saturated heterocycles. The van der Waals surface area contributed by atoms with Crippen LogP contribution < -0.4 is 4.72 Å². The summed E-state index contributed by atoms with van der Waals surface area (Å²) in [4.78, 5) is 11.8. The van der Waals surface area contributed by atoms with Crippen molar-refractivity contribution in [1.29, 1.82) is 0 Å². The molecule has 0 amide bonds. The molecule has 0 aliphatic heterocycles. The van der Waals surface area contributed by atoms with Crippen LogP contribution in [0.3, 0.4) is 0 Å². The molecule has 0 aliphatic rings. The number of ketones is 1. The zero-order valence-electron chi connectivity index (χ0n) is 11.8. The molecule has 1 aromatic carbocycles. The second-order valence-electron chi connectivity index (χ2n) is 5.04. The van der Waals surface area contributed by atoms with Gasteiger partial charge in [0.2, 0.25) is 10.0 Å². The Kier molecular flexibility index (Phi) is 4.94. The zero-order chi connectivity index (χ0) is 15.7. The summed E-state index contributed by atoms with van der Waals surface area (Å²) in [6, 6.07) is 1.84. The van der Waals surface area contributed by atoms with Crippen molar-refractivity contribution in [3.05, 3.63) is 28.5 Å². The summed E-state index contributed by atoms with van der Waals surface area (Å²) in [5.41, 5.74) is -0.698. The molecule has 112 valence electrons. The third-order valence-corrected chi connectivity index (χ3v) is 5.07. The molecular formula is C13H17ClFNO3S. The van der Waals surface area contributed by atoms with Crippen molar-refractivity contribution in [3.63, 3.8) is 0 Å². The Hall–Kier alpha value is -0.980. The van der Waals surface area contributed by atoms with Crippen molar-refractivity contribution < 1.29 is 17.6 Å². The number of carbonyl (C=O) groups excluding carboxylic acids is 1. The molecule has 0 spiro atoms. The zero-order valence-corrected chi connectivity index (χ0v) is 13.3. The molecule has 1 aromatic rings. The van der Waals surface area contributed by atoms with Gasteiger partial charge in [-0.15, -0.1) is 0 Å². The lowest BCUT2D eigenvalue weighted by Crippen LogP contribution is -2.25. The first-order valence-corrected chi connectivity index (χ1v) is 7.90. The van der Waals surface area contributed by atoms with Gasteiger partial charge in [-0.3, -0.25) is 4.79 Å². The molecule has 1 N–H and O–H groups in total. The summed E-state index contributed by atoms with van der Waals surface area (Å²) in [5, 5.41) is -0.0934. The van der Waals surface area contributed by atoms with Crippen molar-refractivity contribution >= 4 is 27.4 Å². The predicted octanol–water partition coefficient (Wildman–Crippen LogP) is 3.01. The van der Waals surface area contributed by atoms with Crippen LogP contribution in [0.15, 0.2) is 17.0 Å². The minimum absolute atomic E-state index is 0.00809. The van der Waals surface area contributed by atoms with Crippen LogP contribution in [-0.2, 0) is 10.0 Å². The Bertz CT molecular complexity index is 641. The maximum atomic E-state index is 13.7. The minimum Gasteiger partial charge on any atom is -0.294 e. The molecule has 0 radical (unpaired) electrons. The van der Waals surface area contributed by atoms with E-state index in [1.165, 1.54) is 7.05 Å². The summed E-state index contributed by atoms with van der Waals surface area (Å²) in [5.74, 6) is -1.31. The number of halogens is 2. The Balaban J connectivity index is 3.52. The summed E-state index contributed by atoms with van der Waals surface area (Å²) < 4.78 is 39.2. The molecule has 0 fully saturated rings. The lowest BCUT2D eigenvalue weighted by atomic mass is 9.82. The second-order valence-corrected chi connectivity index (χ2v) is 7.30. The Labute approximate surface area is 123 Å². The van der Waals surface area contributed by atoms with E-state index < -0.39 is 26.2 Å². The van der Waals surface area contributed by atoms with E-state index in [0.717, 1.165) is 12.1 Å². The molecule has 0 heterocycles. The summed E-state index contributed by atoms with van der Waals surface area (Å²) in [6.45, 7) is 5.28. The van der Waals surface area contributed by atoms with E-state index in [1.54, 1.807) is 13.8 Å². The molecule has 20 heavy (non-hydrogen) atoms. The SMILES string of the molecule is CCC(C)(C)C(=O)c1cc(S(=O)(=O)NC)c(F)cc1Cl. The molecular weight excluding hydrogens is 305 g/mol. The largest absolute Gasteiger partial charge is 0.294 e. The fourth-order valence-electron chi connectivity index (χ4n) is 1.54. The first-order valence-electron chi connectivity index (χ1n) is 6.04. The third kappa shape index (κ3) is 3.19. The predicted molar refractivity (Wildman–Crippen MR) is 76.1 cm³/mol. The highest BCUT2D eigenvalue weighted by Gasteiger charge is 2.30. The summed E-state index contributed by atoms with van der Waals surface area (Å²) in [7, 11) is -2.82. The number of nitrogens with one attached hydrogen (secondary N) is 1. The number of sulfonamides is 1. The molecule has 1 rings (SSSR count). The van der Waals surface area contributed by atoms with Gasteiger partial charge in [-0.05, 0) is 25.6 Å². The Morgan fingerprint density at radius 2 is 1.95 bits per heavy atom. The maximum Gasteiger partial charge on any atom is 0.243 e. The van der Waals surface area contributed by atoms with Gasteiger partial charge in [-0.1, -0.05) is 32.4 Å². The van der Waals surface area contributed by atoms with E-state index >= 15 is 0 Å². The topological polar surface area (TPSA) is 63.2 Å². The van der Waals surface area contributed by atoms with E-state index in [-0.39, 0.29) is 16.4 Å². The highest BCUT2D eigenvalue weighted by Crippen LogP contribution is 2.31. The van der Waals surface area contributed by atoms with Gasteiger partial charge >= 0.3 is 0 Å². The highest BCUT2D eigenvalue weighted by atomic mass is 35.5. The van der Waals surface area contributed by atoms with Crippen molar-refractivity contribution in [3.8, 4) is 0 Å². The average molecular weight is 322 g/mol. The number of hydrogen-bond donors (Lipinski definition) is 1. The molecule has 0 atom stereocenters. The number of carbonyl (C=O) groups is 1. The standard InChI is InChI=1S/C13H17ClFNO3S/c1-5-13(2,3)12(17)8-6-11(20(18,19)16-4)10(15)7-9(8)14/h6-7,16H,5H2,1-4H3. The minimum atomic E-state index is -3.99. The van der Waals surface area contributed by atoms with Gasteiger partial charge in [-0.25, -0.2) is 17.5 Å². The van der Waals surface area contributed by atoms with Crippen LogP contribution in [0, 0.1) is 11.2 Å². The fourth-order valence-corrected chi connectivity index (χ4v) is 2.59. The Morgan fingerprint density at radius 1 is 1.40 bits per heavy atom. The van der Waals surface area contributed by atoms with Crippen LogP contribution in [0.2, 0.25) is 5.02 Å². The van der Waals surface area contributed by atoms with E-state index in [0.29, 0.717) is 6.42 Å². The smallest absolute Gasteiger partial charge is 0.243 e. The van der Waals surface area contributed by atoms with E-state index in [1.807, 2.05) is 11.6 Å². The van der Waals surface area contributed by atoms with E-state index in [9.17, 15) is 17.6 Å². The van der Waals surface area contributed by atoms with Crippen molar-refractivity contribution in [2.75, 3.05) is 7.05 Å². The summed E-state index contributed by atoms with van der Waals surface area (Å²) >= 11 is 5.88. The van der Waals surface area contributed by atoms with Crippen molar-refractivity contribution in [2.45, 2.75) is 32.1 Å². The van der Waals surface area contributed by atoms with Crippen molar-refractivity contribution in [1.82, 2.24) is 4.72 Å². The van der Waals surface area contributed by atoms with Crippen LogP contribution in [-0.4, -0.2) is 21.2 Å². The third-order valence-electron chi connectivity index (χ3n) is 3.32. The molecule has 0 bridgehead atoms. The number of hydrogen-bond acceptors (Lipinski definition) is 3. The molecule has 0 aromatic heterocycles. The highest BCUT2D eigenvalue weighted by molar-refractivity contribution is 7.89. The fraction of sp³-hybridized carbons (Fsp3) is 0.462. The number of rotatable bonds is 5. The lowest BCUT2D eigenvalue weighted by molar-refractivity contribution is 0.0833. The molecule has 7 heteroatoms. The van der Waals surface area contributed by atoms with Crippen LogP contribution in [0.25, 0.3) is 0 Å². The number of benzene rings is 1. The van der Waals surface area contributed by atoms with E-state index in [4.69, 9.17) is 11.6 Å². The van der Waals surface area contributed by atoms with Crippen LogP contribution in [0.1, 0.15) is 37.6 Å². The van der Waals surface area contributed by atoms with Gasteiger partial charge in [0.15, 0.2) is 5.78 Å². The molecule has 0 unspecified atom stereocenters.